The second kappa shape index (κ2) is 6.33. The lowest BCUT2D eigenvalue weighted by atomic mass is 10.2. The van der Waals surface area contributed by atoms with Crippen LogP contribution < -0.4 is 11.1 Å². The molecule has 8 heteroatoms. The van der Waals surface area contributed by atoms with Crippen molar-refractivity contribution in [3.63, 3.8) is 0 Å². The van der Waals surface area contributed by atoms with E-state index in [1.54, 1.807) is 28.1 Å². The molecule has 1 aromatic carbocycles. The van der Waals surface area contributed by atoms with Gasteiger partial charge in [-0.15, -0.1) is 16.4 Å². The van der Waals surface area contributed by atoms with E-state index in [-0.39, 0.29) is 0 Å². The van der Waals surface area contributed by atoms with Crippen molar-refractivity contribution in [3.05, 3.63) is 66.1 Å². The molecule has 0 aliphatic rings. The molecule has 4 heterocycles. The summed E-state index contributed by atoms with van der Waals surface area (Å²) in [5.74, 6) is 1.12. The Balaban J connectivity index is 1.46. The summed E-state index contributed by atoms with van der Waals surface area (Å²) in [4.78, 5) is 13.1. The Labute approximate surface area is 158 Å². The summed E-state index contributed by atoms with van der Waals surface area (Å²) in [6, 6.07) is 12.1. The maximum atomic E-state index is 6.10. The van der Waals surface area contributed by atoms with Crippen molar-refractivity contribution < 1.29 is 0 Å². The molecule has 0 saturated carbocycles. The van der Waals surface area contributed by atoms with E-state index in [2.05, 4.69) is 55.0 Å². The fourth-order valence-corrected chi connectivity index (χ4v) is 4.06. The minimum Gasteiger partial charge on any atom is -0.382 e. The molecule has 7 nitrogen and oxygen atoms in total. The third-order valence-corrected chi connectivity index (χ3v) is 5.38. The lowest BCUT2D eigenvalue weighted by molar-refractivity contribution is 0.945. The minimum absolute atomic E-state index is 0.391. The molecule has 0 atom stereocenters. The average Bonchev–Trinajstić information content (AvgIpc) is 3.26. The highest BCUT2D eigenvalue weighted by Gasteiger charge is 2.15. The van der Waals surface area contributed by atoms with Crippen LogP contribution in [0, 0.1) is 0 Å². The predicted octanol–water partition coefficient (Wildman–Crippen LogP) is 3.60. The van der Waals surface area contributed by atoms with Crippen LogP contribution in [-0.2, 0) is 6.54 Å². The first-order valence-electron chi connectivity index (χ1n) is 8.40. The number of rotatable bonds is 4. The summed E-state index contributed by atoms with van der Waals surface area (Å²) in [5, 5.41) is 11.1. The van der Waals surface area contributed by atoms with Gasteiger partial charge in [-0.05, 0) is 28.5 Å². The van der Waals surface area contributed by atoms with Gasteiger partial charge < -0.3 is 11.1 Å². The van der Waals surface area contributed by atoms with Gasteiger partial charge in [0, 0.05) is 29.7 Å². The monoisotopic (exact) mass is 373 g/mol. The van der Waals surface area contributed by atoms with Crippen molar-refractivity contribution in [3.8, 4) is 11.3 Å². The molecular formula is C19H15N7S. The maximum absolute atomic E-state index is 6.10. The SMILES string of the molecule is Nc1nn2cccnc2c1-c1cc(NCc2csc3ccccc23)ncn1. The van der Waals surface area contributed by atoms with Gasteiger partial charge in [-0.1, -0.05) is 18.2 Å². The molecule has 0 unspecified atom stereocenters. The molecule has 0 bridgehead atoms. The highest BCUT2D eigenvalue weighted by atomic mass is 32.1. The Morgan fingerprint density at radius 1 is 1.11 bits per heavy atom. The largest absolute Gasteiger partial charge is 0.382 e. The lowest BCUT2D eigenvalue weighted by Gasteiger charge is -2.06. The van der Waals surface area contributed by atoms with Crippen molar-refractivity contribution in [2.45, 2.75) is 6.54 Å². The molecule has 0 aliphatic heterocycles. The molecule has 5 aromatic rings. The van der Waals surface area contributed by atoms with E-state index in [0.717, 1.165) is 5.82 Å². The Morgan fingerprint density at radius 2 is 2.04 bits per heavy atom. The number of nitrogens with one attached hydrogen (secondary N) is 1. The Morgan fingerprint density at radius 3 is 3.00 bits per heavy atom. The summed E-state index contributed by atoms with van der Waals surface area (Å²) in [5.41, 5.74) is 9.41. The van der Waals surface area contributed by atoms with Gasteiger partial charge >= 0.3 is 0 Å². The van der Waals surface area contributed by atoms with Crippen LogP contribution in [0.1, 0.15) is 5.56 Å². The van der Waals surface area contributed by atoms with Gasteiger partial charge in [0.05, 0.1) is 11.3 Å². The van der Waals surface area contributed by atoms with E-state index in [4.69, 9.17) is 5.73 Å². The number of benzene rings is 1. The van der Waals surface area contributed by atoms with Crippen LogP contribution >= 0.6 is 11.3 Å². The molecule has 4 aromatic heterocycles. The minimum atomic E-state index is 0.391. The molecule has 132 valence electrons. The fourth-order valence-electron chi connectivity index (χ4n) is 3.10. The topological polar surface area (TPSA) is 94.0 Å². The standard InChI is InChI=1S/C19H15N7S/c20-18-17(19-21-6-3-7-26(19)25-18)14-8-16(24-11-23-14)22-9-12-10-27-15-5-2-1-4-13(12)15/h1-8,10-11H,9H2,(H2,20,25)(H,22,23,24). The first-order valence-corrected chi connectivity index (χ1v) is 9.28. The summed E-state index contributed by atoms with van der Waals surface area (Å²) in [6.45, 7) is 0.683. The number of hydrogen-bond acceptors (Lipinski definition) is 7. The van der Waals surface area contributed by atoms with Gasteiger partial charge in [-0.25, -0.2) is 19.5 Å². The fraction of sp³-hybridized carbons (Fsp3) is 0.0526. The van der Waals surface area contributed by atoms with Crippen LogP contribution in [0.15, 0.2) is 60.5 Å². The first kappa shape index (κ1) is 15.7. The van der Waals surface area contributed by atoms with Crippen LogP contribution in [0.4, 0.5) is 11.6 Å². The van der Waals surface area contributed by atoms with E-state index >= 15 is 0 Å². The summed E-state index contributed by atoms with van der Waals surface area (Å²) in [6.07, 6.45) is 5.04. The molecule has 0 amide bonds. The highest BCUT2D eigenvalue weighted by molar-refractivity contribution is 7.17. The second-order valence-electron chi connectivity index (χ2n) is 6.05. The van der Waals surface area contributed by atoms with Crippen molar-refractivity contribution >= 4 is 38.7 Å². The zero-order valence-electron chi connectivity index (χ0n) is 14.2. The Bertz CT molecular complexity index is 1260. The van der Waals surface area contributed by atoms with Gasteiger partial charge in [0.15, 0.2) is 11.5 Å². The molecule has 3 N–H and O–H groups in total. The quantitative estimate of drug-likeness (QED) is 0.500. The third kappa shape index (κ3) is 2.76. The molecule has 0 spiro atoms. The predicted molar refractivity (Wildman–Crippen MR) is 108 cm³/mol. The molecular weight excluding hydrogens is 358 g/mol. The number of nitrogens with two attached hydrogens (primary N) is 1. The summed E-state index contributed by atoms with van der Waals surface area (Å²) < 4.78 is 2.93. The van der Waals surface area contributed by atoms with E-state index < -0.39 is 0 Å². The molecule has 27 heavy (non-hydrogen) atoms. The van der Waals surface area contributed by atoms with Gasteiger partial charge in [-0.3, -0.25) is 0 Å². The second-order valence-corrected chi connectivity index (χ2v) is 6.96. The number of hydrogen-bond donors (Lipinski definition) is 2. The normalized spacial score (nSPS) is 11.3. The van der Waals surface area contributed by atoms with E-state index in [9.17, 15) is 0 Å². The number of aromatic nitrogens is 5. The van der Waals surface area contributed by atoms with Crippen molar-refractivity contribution in [2.24, 2.45) is 0 Å². The van der Waals surface area contributed by atoms with Crippen LogP contribution in [0.2, 0.25) is 0 Å². The average molecular weight is 373 g/mol. The van der Waals surface area contributed by atoms with Crippen LogP contribution in [-0.4, -0.2) is 24.6 Å². The molecule has 5 rings (SSSR count). The van der Waals surface area contributed by atoms with Crippen molar-refractivity contribution in [2.75, 3.05) is 11.1 Å². The number of thiophene rings is 1. The van der Waals surface area contributed by atoms with Crippen LogP contribution in [0.3, 0.4) is 0 Å². The summed E-state index contributed by atoms with van der Waals surface area (Å²) >= 11 is 1.75. The molecule has 0 aliphatic carbocycles. The third-order valence-electron chi connectivity index (χ3n) is 4.37. The van der Waals surface area contributed by atoms with E-state index in [1.807, 2.05) is 12.3 Å². The molecule has 0 fully saturated rings. The van der Waals surface area contributed by atoms with Crippen molar-refractivity contribution in [1.29, 1.82) is 0 Å². The first-order chi connectivity index (χ1) is 13.3. The zero-order valence-corrected chi connectivity index (χ0v) is 15.0. The Hall–Kier alpha value is -3.52. The smallest absolute Gasteiger partial charge is 0.166 e. The van der Waals surface area contributed by atoms with E-state index in [1.165, 1.54) is 22.0 Å². The van der Waals surface area contributed by atoms with Gasteiger partial charge in [0.1, 0.15) is 12.1 Å². The van der Waals surface area contributed by atoms with Gasteiger partial charge in [0.25, 0.3) is 0 Å². The van der Waals surface area contributed by atoms with Crippen LogP contribution in [0.25, 0.3) is 27.0 Å². The number of nitrogen functional groups attached to an aromatic ring is 1. The van der Waals surface area contributed by atoms with Gasteiger partial charge in [0.2, 0.25) is 0 Å². The molecule has 0 saturated heterocycles. The summed E-state index contributed by atoms with van der Waals surface area (Å²) in [7, 11) is 0. The van der Waals surface area contributed by atoms with Gasteiger partial charge in [-0.2, -0.15) is 0 Å². The van der Waals surface area contributed by atoms with Crippen molar-refractivity contribution in [1.82, 2.24) is 24.6 Å². The molecule has 0 radical (unpaired) electrons. The van der Waals surface area contributed by atoms with E-state index in [0.29, 0.717) is 29.3 Å². The number of anilines is 2. The Kier molecular flexibility index (Phi) is 3.68. The highest BCUT2D eigenvalue weighted by Crippen LogP contribution is 2.29. The number of fused-ring (bicyclic) bond motifs is 2. The lowest BCUT2D eigenvalue weighted by Crippen LogP contribution is -2.02. The number of nitrogens with zero attached hydrogens (tertiary/aromatic N) is 5. The zero-order chi connectivity index (χ0) is 18.2. The maximum Gasteiger partial charge on any atom is 0.166 e. The van der Waals surface area contributed by atoms with Crippen LogP contribution in [0.5, 0.6) is 0 Å².